The molecule has 0 fully saturated rings. The minimum Gasteiger partial charge on any atom is -0.494 e. The molecule has 176 valence electrons. The predicted molar refractivity (Wildman–Crippen MR) is 149 cm³/mol. The molecule has 5 rings (SSSR count). The summed E-state index contributed by atoms with van der Waals surface area (Å²) in [5.74, 6) is 1.43. The molecule has 0 spiro atoms. The SMILES string of the molecule is Cc1ccc(N=C2N=C(c3ccccc3)N=C2N(/C(O)=C/c2ccccc2)c2ccc(C)cc2)cc1. The summed E-state index contributed by atoms with van der Waals surface area (Å²) in [6, 6.07) is 35.3. The van der Waals surface area contributed by atoms with Crippen LogP contribution in [-0.4, -0.2) is 22.6 Å². The normalized spacial score (nSPS) is 14.5. The van der Waals surface area contributed by atoms with Gasteiger partial charge in [0.25, 0.3) is 0 Å². The molecule has 0 bridgehead atoms. The van der Waals surface area contributed by atoms with E-state index in [9.17, 15) is 5.11 Å². The van der Waals surface area contributed by atoms with E-state index in [4.69, 9.17) is 15.0 Å². The Labute approximate surface area is 211 Å². The standard InChI is InChI=1S/C31H26N4O/c1-22-13-17-26(18-14-22)32-30-31(34-29(33-30)25-11-7-4-8-12-25)35(27-19-15-23(2)16-20-27)28(36)21-24-9-5-3-6-10-24/h3-21,36H,1-2H3/b28-21-,32-30?. The number of nitrogens with zero attached hydrogens (tertiary/aromatic N) is 4. The van der Waals surface area contributed by atoms with Gasteiger partial charge in [0.1, 0.15) is 0 Å². The molecular formula is C31H26N4O. The Morgan fingerprint density at radius 3 is 1.94 bits per heavy atom. The summed E-state index contributed by atoms with van der Waals surface area (Å²) in [6.07, 6.45) is 1.71. The summed E-state index contributed by atoms with van der Waals surface area (Å²) in [5, 5.41) is 11.4. The Morgan fingerprint density at radius 1 is 0.722 bits per heavy atom. The molecular weight excluding hydrogens is 444 g/mol. The van der Waals surface area contributed by atoms with E-state index in [0.29, 0.717) is 17.5 Å². The van der Waals surface area contributed by atoms with Gasteiger partial charge < -0.3 is 5.11 Å². The van der Waals surface area contributed by atoms with Crippen molar-refractivity contribution >= 4 is 35.0 Å². The van der Waals surface area contributed by atoms with Gasteiger partial charge in [0.05, 0.1) is 11.4 Å². The third-order valence-electron chi connectivity index (χ3n) is 5.75. The first-order valence-electron chi connectivity index (χ1n) is 11.8. The maximum Gasteiger partial charge on any atom is 0.199 e. The van der Waals surface area contributed by atoms with Gasteiger partial charge in [-0.2, -0.15) is 0 Å². The monoisotopic (exact) mass is 470 g/mol. The van der Waals surface area contributed by atoms with Crippen molar-refractivity contribution in [3.63, 3.8) is 0 Å². The van der Waals surface area contributed by atoms with Gasteiger partial charge in [-0.3, -0.25) is 4.90 Å². The van der Waals surface area contributed by atoms with Crippen molar-refractivity contribution in [2.24, 2.45) is 15.0 Å². The van der Waals surface area contributed by atoms with Crippen molar-refractivity contribution in [2.45, 2.75) is 13.8 Å². The average molecular weight is 471 g/mol. The van der Waals surface area contributed by atoms with Gasteiger partial charge in [-0.1, -0.05) is 96.1 Å². The van der Waals surface area contributed by atoms with Crippen LogP contribution in [0.1, 0.15) is 22.3 Å². The molecule has 0 amide bonds. The highest BCUT2D eigenvalue weighted by Crippen LogP contribution is 2.26. The number of hydrogen-bond donors (Lipinski definition) is 1. The summed E-state index contributed by atoms with van der Waals surface area (Å²) in [6.45, 7) is 4.07. The third kappa shape index (κ3) is 5.15. The van der Waals surface area contributed by atoms with Gasteiger partial charge in [0.15, 0.2) is 23.4 Å². The van der Waals surface area contributed by atoms with Crippen LogP contribution in [0.25, 0.3) is 6.08 Å². The zero-order chi connectivity index (χ0) is 24.9. The van der Waals surface area contributed by atoms with Crippen LogP contribution in [0.5, 0.6) is 0 Å². The third-order valence-corrected chi connectivity index (χ3v) is 5.75. The Hall–Kier alpha value is -4.77. The van der Waals surface area contributed by atoms with Crippen LogP contribution in [-0.2, 0) is 0 Å². The van der Waals surface area contributed by atoms with Crippen LogP contribution in [0.2, 0.25) is 0 Å². The fourth-order valence-electron chi connectivity index (χ4n) is 3.83. The van der Waals surface area contributed by atoms with Crippen molar-refractivity contribution in [1.82, 2.24) is 0 Å². The second kappa shape index (κ2) is 10.2. The van der Waals surface area contributed by atoms with Crippen LogP contribution in [0.3, 0.4) is 0 Å². The van der Waals surface area contributed by atoms with Crippen molar-refractivity contribution in [1.29, 1.82) is 0 Å². The lowest BCUT2D eigenvalue weighted by atomic mass is 10.2. The lowest BCUT2D eigenvalue weighted by Gasteiger charge is -2.23. The number of anilines is 1. The van der Waals surface area contributed by atoms with E-state index in [2.05, 4.69) is 0 Å². The smallest absolute Gasteiger partial charge is 0.199 e. The predicted octanol–water partition coefficient (Wildman–Crippen LogP) is 7.26. The first-order valence-corrected chi connectivity index (χ1v) is 11.8. The molecule has 5 heteroatoms. The van der Waals surface area contributed by atoms with Crippen molar-refractivity contribution < 1.29 is 5.11 Å². The molecule has 0 aliphatic carbocycles. The lowest BCUT2D eigenvalue weighted by molar-refractivity contribution is 0.411. The maximum absolute atomic E-state index is 11.4. The molecule has 36 heavy (non-hydrogen) atoms. The fraction of sp³-hybridized carbons (Fsp3) is 0.0645. The van der Waals surface area contributed by atoms with Gasteiger partial charge in [0, 0.05) is 11.6 Å². The molecule has 0 saturated carbocycles. The molecule has 1 heterocycles. The summed E-state index contributed by atoms with van der Waals surface area (Å²) >= 11 is 0. The molecule has 0 atom stereocenters. The molecule has 1 N–H and O–H groups in total. The molecule has 4 aromatic carbocycles. The first kappa shape index (κ1) is 23.0. The summed E-state index contributed by atoms with van der Waals surface area (Å²) in [4.78, 5) is 16.2. The zero-order valence-electron chi connectivity index (χ0n) is 20.2. The highest BCUT2D eigenvalue weighted by atomic mass is 16.3. The largest absolute Gasteiger partial charge is 0.494 e. The molecule has 0 radical (unpaired) electrons. The number of aliphatic hydroxyl groups excluding tert-OH is 1. The topological polar surface area (TPSA) is 60.5 Å². The van der Waals surface area contributed by atoms with Crippen LogP contribution >= 0.6 is 0 Å². The molecule has 1 aliphatic rings. The molecule has 4 aromatic rings. The molecule has 1 aliphatic heterocycles. The van der Waals surface area contributed by atoms with Gasteiger partial charge in [-0.05, 0) is 43.7 Å². The number of aryl methyl sites for hydroxylation is 2. The Morgan fingerprint density at radius 2 is 1.31 bits per heavy atom. The minimum absolute atomic E-state index is 0.0184. The number of aliphatic hydroxyl groups is 1. The van der Waals surface area contributed by atoms with E-state index >= 15 is 0 Å². The van der Waals surface area contributed by atoms with Crippen molar-refractivity contribution in [3.05, 3.63) is 137 Å². The molecule has 0 unspecified atom stereocenters. The molecule has 5 nitrogen and oxygen atoms in total. The second-order valence-electron chi connectivity index (χ2n) is 8.59. The fourth-order valence-corrected chi connectivity index (χ4v) is 3.83. The molecule has 0 saturated heterocycles. The summed E-state index contributed by atoms with van der Waals surface area (Å²) in [7, 11) is 0. The van der Waals surface area contributed by atoms with E-state index in [1.807, 2.05) is 123 Å². The van der Waals surface area contributed by atoms with E-state index in [1.165, 1.54) is 0 Å². The highest BCUT2D eigenvalue weighted by Gasteiger charge is 2.28. The van der Waals surface area contributed by atoms with E-state index in [0.717, 1.165) is 33.6 Å². The summed E-state index contributed by atoms with van der Waals surface area (Å²) in [5.41, 5.74) is 5.53. The Balaban J connectivity index is 1.66. The van der Waals surface area contributed by atoms with Crippen LogP contribution < -0.4 is 4.90 Å². The van der Waals surface area contributed by atoms with E-state index in [-0.39, 0.29) is 5.88 Å². The lowest BCUT2D eigenvalue weighted by Crippen LogP contribution is -2.34. The van der Waals surface area contributed by atoms with E-state index < -0.39 is 0 Å². The highest BCUT2D eigenvalue weighted by molar-refractivity contribution is 6.52. The number of rotatable bonds is 5. The minimum atomic E-state index is 0.0184. The van der Waals surface area contributed by atoms with Crippen LogP contribution in [0.4, 0.5) is 11.4 Å². The van der Waals surface area contributed by atoms with Crippen LogP contribution in [0, 0.1) is 13.8 Å². The van der Waals surface area contributed by atoms with Crippen LogP contribution in [0.15, 0.2) is 130 Å². The molecule has 0 aromatic heterocycles. The summed E-state index contributed by atoms with van der Waals surface area (Å²) < 4.78 is 0. The Bertz CT molecular complexity index is 1470. The zero-order valence-corrected chi connectivity index (χ0v) is 20.2. The van der Waals surface area contributed by atoms with E-state index in [1.54, 1.807) is 11.0 Å². The van der Waals surface area contributed by atoms with Gasteiger partial charge in [-0.15, -0.1) is 0 Å². The van der Waals surface area contributed by atoms with Crippen molar-refractivity contribution in [3.8, 4) is 0 Å². The second-order valence-corrected chi connectivity index (χ2v) is 8.59. The van der Waals surface area contributed by atoms with Gasteiger partial charge in [0.2, 0.25) is 0 Å². The van der Waals surface area contributed by atoms with Gasteiger partial charge >= 0.3 is 0 Å². The number of benzene rings is 4. The number of hydrogen-bond acceptors (Lipinski definition) is 4. The average Bonchev–Trinajstić information content (AvgIpc) is 3.31. The quantitative estimate of drug-likeness (QED) is 0.312. The maximum atomic E-state index is 11.4. The number of aliphatic imine (C=N–C) groups is 3. The first-order chi connectivity index (χ1) is 17.6. The van der Waals surface area contributed by atoms with Gasteiger partial charge in [-0.25, -0.2) is 15.0 Å². The number of amidine groups is 3. The Kier molecular flexibility index (Phi) is 6.54. The van der Waals surface area contributed by atoms with Crippen molar-refractivity contribution in [2.75, 3.05) is 4.90 Å².